The summed E-state index contributed by atoms with van der Waals surface area (Å²) in [6.45, 7) is 7.20. The van der Waals surface area contributed by atoms with Crippen molar-refractivity contribution in [2.24, 2.45) is 5.73 Å². The monoisotopic (exact) mass is 331 g/mol. The molecule has 5 heteroatoms. The molecule has 0 aliphatic carbocycles. The predicted octanol–water partition coefficient (Wildman–Crippen LogP) is 1.86. The molecule has 0 spiro atoms. The molecule has 1 aromatic rings. The van der Waals surface area contributed by atoms with Crippen LogP contribution in [0.15, 0.2) is 24.3 Å². The Balaban J connectivity index is 1.71. The van der Waals surface area contributed by atoms with Gasteiger partial charge in [-0.2, -0.15) is 0 Å². The van der Waals surface area contributed by atoms with Gasteiger partial charge in [-0.1, -0.05) is 12.1 Å². The number of likely N-dealkylation sites (tertiary alicyclic amines) is 1. The number of morpholine rings is 1. The molecule has 2 aliphatic heterocycles. The van der Waals surface area contributed by atoms with Gasteiger partial charge in [0.1, 0.15) is 0 Å². The Bertz CT molecular complexity index is 555. The number of nitrogens with zero attached hydrogens (tertiary/aromatic N) is 2. The largest absolute Gasteiger partial charge is 0.379 e. The third kappa shape index (κ3) is 4.15. The smallest absolute Gasteiger partial charge is 0.254 e. The van der Waals surface area contributed by atoms with Gasteiger partial charge < -0.3 is 15.4 Å². The zero-order chi connectivity index (χ0) is 16.9. The Labute approximate surface area is 144 Å². The van der Waals surface area contributed by atoms with Crippen molar-refractivity contribution in [1.82, 2.24) is 9.80 Å². The number of ether oxygens (including phenoxy) is 1. The van der Waals surface area contributed by atoms with Gasteiger partial charge in [0.15, 0.2) is 0 Å². The molecule has 0 aromatic heterocycles. The third-order valence-electron chi connectivity index (χ3n) is 5.10. The maximum Gasteiger partial charge on any atom is 0.254 e. The summed E-state index contributed by atoms with van der Waals surface area (Å²) in [5.41, 5.74) is 8.09. The van der Waals surface area contributed by atoms with E-state index >= 15 is 0 Å². The van der Waals surface area contributed by atoms with Crippen LogP contribution in [0.5, 0.6) is 0 Å². The average molecular weight is 331 g/mol. The number of hydrogen-bond acceptors (Lipinski definition) is 4. The first-order chi connectivity index (χ1) is 11.6. The van der Waals surface area contributed by atoms with Gasteiger partial charge in [0.05, 0.1) is 13.2 Å². The highest BCUT2D eigenvalue weighted by Crippen LogP contribution is 2.22. The maximum atomic E-state index is 13.0. The van der Waals surface area contributed by atoms with Gasteiger partial charge in [-0.3, -0.25) is 9.69 Å². The van der Waals surface area contributed by atoms with E-state index in [0.29, 0.717) is 0 Å². The van der Waals surface area contributed by atoms with Crippen LogP contribution >= 0.6 is 0 Å². The lowest BCUT2D eigenvalue weighted by atomic mass is 9.95. The summed E-state index contributed by atoms with van der Waals surface area (Å²) in [6, 6.07) is 8.25. The van der Waals surface area contributed by atoms with Crippen molar-refractivity contribution in [2.75, 3.05) is 32.8 Å². The first kappa shape index (κ1) is 17.4. The molecule has 2 aliphatic rings. The standard InChI is InChI=1S/C19H29N3O2/c1-15(20)18-7-2-3-8-22(18)19(23)17-6-4-5-16(13-17)14-21-9-11-24-12-10-21/h4-6,13,15,18H,2-3,7-12,14,20H2,1H3/t15-,18+/m0/s1. The van der Waals surface area contributed by atoms with E-state index in [4.69, 9.17) is 10.5 Å². The van der Waals surface area contributed by atoms with Gasteiger partial charge in [-0.05, 0) is 43.9 Å². The highest BCUT2D eigenvalue weighted by molar-refractivity contribution is 5.94. The molecule has 2 N–H and O–H groups in total. The van der Waals surface area contributed by atoms with E-state index in [2.05, 4.69) is 11.0 Å². The van der Waals surface area contributed by atoms with E-state index in [1.54, 1.807) is 0 Å². The molecule has 2 atom stereocenters. The van der Waals surface area contributed by atoms with Crippen molar-refractivity contribution in [1.29, 1.82) is 0 Å². The molecule has 2 heterocycles. The lowest BCUT2D eigenvalue weighted by molar-refractivity contribution is 0.0341. The minimum Gasteiger partial charge on any atom is -0.379 e. The van der Waals surface area contributed by atoms with E-state index in [1.165, 1.54) is 5.56 Å². The Kier molecular flexibility index (Phi) is 5.87. The minimum absolute atomic E-state index is 0.0192. The van der Waals surface area contributed by atoms with Crippen molar-refractivity contribution in [3.63, 3.8) is 0 Å². The van der Waals surface area contributed by atoms with Crippen LogP contribution in [0.1, 0.15) is 42.1 Å². The van der Waals surface area contributed by atoms with E-state index in [9.17, 15) is 4.79 Å². The van der Waals surface area contributed by atoms with Gasteiger partial charge in [0, 0.05) is 43.8 Å². The molecule has 2 saturated heterocycles. The molecule has 3 rings (SSSR count). The van der Waals surface area contributed by atoms with E-state index in [-0.39, 0.29) is 18.0 Å². The van der Waals surface area contributed by atoms with Crippen molar-refractivity contribution in [2.45, 2.75) is 44.8 Å². The molecule has 0 bridgehead atoms. The summed E-state index contributed by atoms with van der Waals surface area (Å²) in [6.07, 6.45) is 3.24. The van der Waals surface area contributed by atoms with Crippen LogP contribution in [0.3, 0.4) is 0 Å². The molecule has 1 amide bonds. The zero-order valence-electron chi connectivity index (χ0n) is 14.6. The minimum atomic E-state index is 0.0192. The fourth-order valence-electron chi connectivity index (χ4n) is 3.74. The van der Waals surface area contributed by atoms with E-state index < -0.39 is 0 Å². The summed E-state index contributed by atoms with van der Waals surface area (Å²) in [5, 5.41) is 0. The second-order valence-electron chi connectivity index (χ2n) is 7.01. The number of benzene rings is 1. The van der Waals surface area contributed by atoms with Crippen molar-refractivity contribution >= 4 is 5.91 Å². The molecule has 5 nitrogen and oxygen atoms in total. The third-order valence-corrected chi connectivity index (χ3v) is 5.10. The summed E-state index contributed by atoms with van der Waals surface area (Å²) < 4.78 is 5.40. The highest BCUT2D eigenvalue weighted by atomic mass is 16.5. The van der Waals surface area contributed by atoms with Crippen LogP contribution in [-0.2, 0) is 11.3 Å². The van der Waals surface area contributed by atoms with Crippen molar-refractivity contribution < 1.29 is 9.53 Å². The predicted molar refractivity (Wildman–Crippen MR) is 94.9 cm³/mol. The number of carbonyl (C=O) groups is 1. The normalized spacial score (nSPS) is 23.9. The zero-order valence-corrected chi connectivity index (χ0v) is 14.6. The SMILES string of the molecule is C[C@H](N)[C@H]1CCCCN1C(=O)c1cccc(CN2CCOCC2)c1. The molecule has 1 aromatic carbocycles. The lowest BCUT2D eigenvalue weighted by Gasteiger charge is -2.38. The maximum absolute atomic E-state index is 13.0. The van der Waals surface area contributed by atoms with Gasteiger partial charge in [0.25, 0.3) is 5.91 Å². The Morgan fingerprint density at radius 3 is 2.83 bits per heavy atom. The average Bonchev–Trinajstić information content (AvgIpc) is 2.62. The van der Waals surface area contributed by atoms with Crippen LogP contribution in [0.2, 0.25) is 0 Å². The Hall–Kier alpha value is -1.43. The van der Waals surface area contributed by atoms with Gasteiger partial charge in [-0.25, -0.2) is 0 Å². The second kappa shape index (κ2) is 8.10. The van der Waals surface area contributed by atoms with Crippen LogP contribution < -0.4 is 5.73 Å². The lowest BCUT2D eigenvalue weighted by Crippen LogP contribution is -2.51. The topological polar surface area (TPSA) is 58.8 Å². The fraction of sp³-hybridized carbons (Fsp3) is 0.632. The van der Waals surface area contributed by atoms with Gasteiger partial charge in [0.2, 0.25) is 0 Å². The second-order valence-corrected chi connectivity index (χ2v) is 7.01. The summed E-state index contributed by atoms with van der Waals surface area (Å²) in [7, 11) is 0. The number of nitrogens with two attached hydrogens (primary N) is 1. The summed E-state index contributed by atoms with van der Waals surface area (Å²) >= 11 is 0. The molecular weight excluding hydrogens is 302 g/mol. The number of rotatable bonds is 4. The molecular formula is C19H29N3O2. The Morgan fingerprint density at radius 2 is 2.08 bits per heavy atom. The van der Waals surface area contributed by atoms with Crippen LogP contribution in [0.25, 0.3) is 0 Å². The van der Waals surface area contributed by atoms with Crippen molar-refractivity contribution in [3.8, 4) is 0 Å². The number of piperidine rings is 1. The van der Waals surface area contributed by atoms with Gasteiger partial charge in [-0.15, -0.1) is 0 Å². The first-order valence-corrected chi connectivity index (χ1v) is 9.11. The van der Waals surface area contributed by atoms with Gasteiger partial charge >= 0.3 is 0 Å². The number of hydrogen-bond donors (Lipinski definition) is 1. The quantitative estimate of drug-likeness (QED) is 0.915. The summed E-state index contributed by atoms with van der Waals surface area (Å²) in [4.78, 5) is 17.4. The van der Waals surface area contributed by atoms with Crippen molar-refractivity contribution in [3.05, 3.63) is 35.4 Å². The fourth-order valence-corrected chi connectivity index (χ4v) is 3.74. The molecule has 0 radical (unpaired) electrons. The number of carbonyl (C=O) groups excluding carboxylic acids is 1. The van der Waals surface area contributed by atoms with Crippen LogP contribution in [0, 0.1) is 0 Å². The highest BCUT2D eigenvalue weighted by Gasteiger charge is 2.29. The summed E-state index contributed by atoms with van der Waals surface area (Å²) in [5.74, 6) is 0.126. The molecule has 2 fully saturated rings. The molecule has 24 heavy (non-hydrogen) atoms. The molecule has 0 saturated carbocycles. The molecule has 132 valence electrons. The Morgan fingerprint density at radius 1 is 1.29 bits per heavy atom. The first-order valence-electron chi connectivity index (χ1n) is 9.11. The van der Waals surface area contributed by atoms with E-state index in [1.807, 2.05) is 30.0 Å². The number of amides is 1. The van der Waals surface area contributed by atoms with E-state index in [0.717, 1.165) is 64.2 Å². The van der Waals surface area contributed by atoms with Crippen LogP contribution in [-0.4, -0.2) is 60.6 Å². The van der Waals surface area contributed by atoms with Crippen LogP contribution in [0.4, 0.5) is 0 Å². The molecule has 0 unspecified atom stereocenters.